The molecule has 1 aliphatic carbocycles. The van der Waals surface area contributed by atoms with E-state index in [9.17, 15) is 0 Å². The maximum absolute atomic E-state index is 6.46. The number of fused-ring (bicyclic) bond motifs is 2. The number of nitrogens with zero attached hydrogens (tertiary/aromatic N) is 1. The van der Waals surface area contributed by atoms with Crippen LogP contribution < -0.4 is 5.73 Å². The number of rotatable bonds is 2. The van der Waals surface area contributed by atoms with E-state index in [1.54, 1.807) is 0 Å². The fraction of sp³-hybridized carbons (Fsp3) is 0.235. The van der Waals surface area contributed by atoms with Crippen molar-refractivity contribution >= 4 is 22.2 Å². The van der Waals surface area contributed by atoms with Crippen LogP contribution in [0.1, 0.15) is 33.3 Å². The molecule has 0 amide bonds. The summed E-state index contributed by atoms with van der Waals surface area (Å²) in [6.45, 7) is 0. The van der Waals surface area contributed by atoms with Gasteiger partial charge in [0.1, 0.15) is 0 Å². The average Bonchev–Trinajstić information content (AvgIpc) is 3.07. The van der Waals surface area contributed by atoms with Gasteiger partial charge in [-0.05, 0) is 54.7 Å². The molecule has 0 saturated carbocycles. The van der Waals surface area contributed by atoms with Crippen molar-refractivity contribution in [2.75, 3.05) is 0 Å². The molecule has 1 aromatic carbocycles. The molecule has 2 heterocycles. The van der Waals surface area contributed by atoms with Gasteiger partial charge in [-0.1, -0.05) is 12.1 Å². The topological polar surface area (TPSA) is 38.9 Å². The predicted octanol–water partition coefficient (Wildman–Crippen LogP) is 3.83. The highest BCUT2D eigenvalue weighted by Gasteiger charge is 2.19. The lowest BCUT2D eigenvalue weighted by molar-refractivity contribution is 0.883. The average molecular weight is 280 g/mol. The second-order valence-corrected chi connectivity index (χ2v) is 6.55. The monoisotopic (exact) mass is 280 g/mol. The van der Waals surface area contributed by atoms with Gasteiger partial charge in [0.05, 0.1) is 11.6 Å². The van der Waals surface area contributed by atoms with Gasteiger partial charge < -0.3 is 5.73 Å². The summed E-state index contributed by atoms with van der Waals surface area (Å²) in [6, 6.07) is 12.7. The van der Waals surface area contributed by atoms with Crippen LogP contribution in [0.25, 0.3) is 10.9 Å². The number of aromatic nitrogens is 1. The zero-order chi connectivity index (χ0) is 13.5. The van der Waals surface area contributed by atoms with E-state index in [4.69, 9.17) is 5.73 Å². The molecule has 2 nitrogen and oxygen atoms in total. The smallest absolute Gasteiger partial charge is 0.0702 e. The Morgan fingerprint density at radius 1 is 1.15 bits per heavy atom. The summed E-state index contributed by atoms with van der Waals surface area (Å²) in [5.41, 5.74) is 10.2. The van der Waals surface area contributed by atoms with Crippen molar-refractivity contribution in [3.8, 4) is 0 Å². The number of benzene rings is 1. The van der Waals surface area contributed by atoms with Crippen LogP contribution in [0.4, 0.5) is 0 Å². The molecule has 4 rings (SSSR count). The molecular weight excluding hydrogens is 264 g/mol. The Kier molecular flexibility index (Phi) is 2.83. The van der Waals surface area contributed by atoms with Gasteiger partial charge in [-0.3, -0.25) is 4.98 Å². The fourth-order valence-corrected chi connectivity index (χ4v) is 4.24. The molecule has 0 fully saturated rings. The van der Waals surface area contributed by atoms with Crippen LogP contribution in [0.3, 0.4) is 0 Å². The van der Waals surface area contributed by atoms with E-state index in [-0.39, 0.29) is 6.04 Å². The van der Waals surface area contributed by atoms with Crippen LogP contribution in [0.5, 0.6) is 0 Å². The largest absolute Gasteiger partial charge is 0.320 e. The second kappa shape index (κ2) is 4.69. The van der Waals surface area contributed by atoms with Gasteiger partial charge in [0.15, 0.2) is 0 Å². The van der Waals surface area contributed by atoms with E-state index < -0.39 is 0 Å². The minimum absolute atomic E-state index is 0.0183. The lowest BCUT2D eigenvalue weighted by Gasteiger charge is -2.11. The van der Waals surface area contributed by atoms with Crippen LogP contribution in [0.15, 0.2) is 42.6 Å². The fourth-order valence-electron chi connectivity index (χ4n) is 2.96. The van der Waals surface area contributed by atoms with Gasteiger partial charge in [-0.2, -0.15) is 0 Å². The van der Waals surface area contributed by atoms with Crippen molar-refractivity contribution in [2.45, 2.75) is 25.3 Å². The van der Waals surface area contributed by atoms with E-state index in [0.717, 1.165) is 10.9 Å². The first-order valence-electron chi connectivity index (χ1n) is 7.03. The minimum Gasteiger partial charge on any atom is -0.320 e. The number of pyridine rings is 1. The van der Waals surface area contributed by atoms with Gasteiger partial charge in [-0.25, -0.2) is 0 Å². The van der Waals surface area contributed by atoms with E-state index in [0.29, 0.717) is 0 Å². The SMILES string of the molecule is NC(c1ccc2ncccc2c1)c1cc2c(s1)CCC2. The second-order valence-electron chi connectivity index (χ2n) is 5.38. The first-order valence-corrected chi connectivity index (χ1v) is 7.85. The molecule has 1 aliphatic rings. The van der Waals surface area contributed by atoms with Crippen LogP contribution in [-0.2, 0) is 12.8 Å². The standard InChI is InChI=1S/C17H16N2S/c18-17(16-10-12-3-1-5-15(12)20-16)13-6-7-14-11(9-13)4-2-8-19-14/h2,4,6-10,17H,1,3,5,18H2. The number of aryl methyl sites for hydroxylation is 2. The molecule has 20 heavy (non-hydrogen) atoms. The molecular formula is C17H16N2S. The minimum atomic E-state index is -0.0183. The molecule has 3 heteroatoms. The predicted molar refractivity (Wildman–Crippen MR) is 84.1 cm³/mol. The van der Waals surface area contributed by atoms with E-state index in [1.807, 2.05) is 23.6 Å². The maximum atomic E-state index is 6.46. The summed E-state index contributed by atoms with van der Waals surface area (Å²) in [5, 5.41) is 1.16. The number of hydrogen-bond acceptors (Lipinski definition) is 3. The first kappa shape index (κ1) is 12.1. The molecule has 1 atom stereocenters. The van der Waals surface area contributed by atoms with Gasteiger partial charge >= 0.3 is 0 Å². The van der Waals surface area contributed by atoms with Crippen molar-refractivity contribution in [1.29, 1.82) is 0 Å². The summed E-state index contributed by atoms with van der Waals surface area (Å²) in [4.78, 5) is 7.19. The molecule has 0 radical (unpaired) electrons. The molecule has 0 spiro atoms. The number of nitrogens with two attached hydrogens (primary N) is 1. The molecule has 100 valence electrons. The summed E-state index contributed by atoms with van der Waals surface area (Å²) >= 11 is 1.89. The van der Waals surface area contributed by atoms with E-state index in [2.05, 4.69) is 35.3 Å². The Bertz CT molecular complexity index is 754. The zero-order valence-electron chi connectivity index (χ0n) is 11.2. The highest BCUT2D eigenvalue weighted by molar-refractivity contribution is 7.12. The molecule has 3 aromatic rings. The van der Waals surface area contributed by atoms with Gasteiger partial charge in [0, 0.05) is 21.3 Å². The van der Waals surface area contributed by atoms with Crippen molar-refractivity contribution in [3.05, 3.63) is 63.5 Å². The van der Waals surface area contributed by atoms with Gasteiger partial charge in [0.25, 0.3) is 0 Å². The number of hydrogen-bond donors (Lipinski definition) is 1. The molecule has 2 N–H and O–H groups in total. The molecule has 0 bridgehead atoms. The summed E-state index contributed by atoms with van der Waals surface area (Å²) < 4.78 is 0. The normalized spacial score (nSPS) is 15.4. The van der Waals surface area contributed by atoms with Gasteiger partial charge in [0.2, 0.25) is 0 Å². The Balaban J connectivity index is 1.73. The first-order chi connectivity index (χ1) is 9.81. The zero-order valence-corrected chi connectivity index (χ0v) is 12.0. The van der Waals surface area contributed by atoms with Gasteiger partial charge in [-0.15, -0.1) is 11.3 Å². The van der Waals surface area contributed by atoms with E-state index >= 15 is 0 Å². The Morgan fingerprint density at radius 2 is 2.10 bits per heavy atom. The van der Waals surface area contributed by atoms with Crippen LogP contribution in [0.2, 0.25) is 0 Å². The Labute approximate surface area is 122 Å². The Morgan fingerprint density at radius 3 is 3.00 bits per heavy atom. The lowest BCUT2D eigenvalue weighted by Crippen LogP contribution is -2.10. The van der Waals surface area contributed by atoms with Crippen LogP contribution >= 0.6 is 11.3 Å². The highest BCUT2D eigenvalue weighted by Crippen LogP contribution is 2.35. The highest BCUT2D eigenvalue weighted by atomic mass is 32.1. The van der Waals surface area contributed by atoms with E-state index in [1.165, 1.54) is 40.1 Å². The third-order valence-electron chi connectivity index (χ3n) is 4.06. The molecule has 0 saturated heterocycles. The summed E-state index contributed by atoms with van der Waals surface area (Å²) in [7, 11) is 0. The van der Waals surface area contributed by atoms with Crippen LogP contribution in [-0.4, -0.2) is 4.98 Å². The Hall–Kier alpha value is -1.71. The summed E-state index contributed by atoms with van der Waals surface area (Å²) in [6.07, 6.45) is 5.58. The summed E-state index contributed by atoms with van der Waals surface area (Å²) in [5.74, 6) is 0. The van der Waals surface area contributed by atoms with Crippen molar-refractivity contribution in [1.82, 2.24) is 4.98 Å². The quantitative estimate of drug-likeness (QED) is 0.774. The molecule has 0 aliphatic heterocycles. The maximum Gasteiger partial charge on any atom is 0.0702 e. The van der Waals surface area contributed by atoms with Crippen molar-refractivity contribution < 1.29 is 0 Å². The van der Waals surface area contributed by atoms with Crippen molar-refractivity contribution in [3.63, 3.8) is 0 Å². The third-order valence-corrected chi connectivity index (χ3v) is 5.38. The lowest BCUT2D eigenvalue weighted by atomic mass is 10.0. The molecule has 2 aromatic heterocycles. The van der Waals surface area contributed by atoms with Crippen molar-refractivity contribution in [2.24, 2.45) is 5.73 Å². The number of thiophene rings is 1. The third kappa shape index (κ3) is 1.94. The molecule has 1 unspecified atom stereocenters. The van der Waals surface area contributed by atoms with Crippen LogP contribution in [0, 0.1) is 0 Å².